The molecule has 5 aromatic rings. The maximum Gasteiger partial charge on any atom is 0.331 e. The van der Waals surface area contributed by atoms with E-state index in [1.54, 1.807) is 28.2 Å². The molecular formula is C24H20N4O3S. The first kappa shape index (κ1) is 20.0. The number of aryl methyl sites for hydroxylation is 1. The van der Waals surface area contributed by atoms with Gasteiger partial charge in [-0.3, -0.25) is 13.9 Å². The molecule has 0 radical (unpaired) electrons. The van der Waals surface area contributed by atoms with Crippen molar-refractivity contribution in [2.75, 3.05) is 5.32 Å². The summed E-state index contributed by atoms with van der Waals surface area (Å²) in [6.07, 6.45) is 1.65. The molecule has 0 aliphatic carbocycles. The summed E-state index contributed by atoms with van der Waals surface area (Å²) in [6.45, 7) is 2.17. The average Bonchev–Trinajstić information content (AvgIpc) is 3.52. The van der Waals surface area contributed by atoms with Crippen LogP contribution in [0.3, 0.4) is 0 Å². The molecule has 32 heavy (non-hydrogen) atoms. The third kappa shape index (κ3) is 3.76. The molecule has 8 heteroatoms. The summed E-state index contributed by atoms with van der Waals surface area (Å²) in [5, 5.41) is 4.90. The van der Waals surface area contributed by atoms with E-state index in [9.17, 15) is 9.59 Å². The van der Waals surface area contributed by atoms with Crippen LogP contribution in [0.1, 0.15) is 10.6 Å². The molecule has 0 spiro atoms. The maximum absolute atomic E-state index is 13.2. The second-order valence-electron chi connectivity index (χ2n) is 7.38. The number of furan rings is 1. The summed E-state index contributed by atoms with van der Waals surface area (Å²) >= 11 is 1.58. The Kier molecular flexibility index (Phi) is 5.20. The van der Waals surface area contributed by atoms with Crippen molar-refractivity contribution in [1.29, 1.82) is 0 Å². The Morgan fingerprint density at radius 2 is 1.94 bits per heavy atom. The van der Waals surface area contributed by atoms with Gasteiger partial charge in [-0.1, -0.05) is 18.2 Å². The molecule has 0 fully saturated rings. The van der Waals surface area contributed by atoms with Crippen molar-refractivity contribution in [1.82, 2.24) is 14.1 Å². The Hall–Kier alpha value is -3.91. The zero-order valence-electron chi connectivity index (χ0n) is 17.3. The first-order valence-electron chi connectivity index (χ1n) is 10.1. The number of hydrogen-bond donors (Lipinski definition) is 1. The number of benzene rings is 1. The number of carbonyl (C=O) groups is 1. The van der Waals surface area contributed by atoms with Crippen molar-refractivity contribution >= 4 is 34.1 Å². The van der Waals surface area contributed by atoms with Crippen LogP contribution in [0.5, 0.6) is 0 Å². The lowest BCUT2D eigenvalue weighted by Gasteiger charge is -2.10. The molecule has 0 aliphatic heterocycles. The molecule has 1 amide bonds. The molecule has 160 valence electrons. The number of para-hydroxylation sites is 1. The van der Waals surface area contributed by atoms with E-state index in [0.29, 0.717) is 29.2 Å². The van der Waals surface area contributed by atoms with Crippen LogP contribution < -0.4 is 11.0 Å². The monoisotopic (exact) mass is 444 g/mol. The van der Waals surface area contributed by atoms with E-state index in [2.05, 4.69) is 10.3 Å². The zero-order valence-corrected chi connectivity index (χ0v) is 18.1. The highest BCUT2D eigenvalue weighted by Gasteiger charge is 2.18. The number of thiophene rings is 1. The van der Waals surface area contributed by atoms with Gasteiger partial charge in [-0.05, 0) is 54.8 Å². The largest absolute Gasteiger partial charge is 0.461 e. The summed E-state index contributed by atoms with van der Waals surface area (Å²) < 4.78 is 8.79. The normalized spacial score (nSPS) is 11.2. The number of pyridine rings is 1. The van der Waals surface area contributed by atoms with Gasteiger partial charge in [0.05, 0.1) is 17.7 Å². The lowest BCUT2D eigenvalue weighted by atomic mass is 10.1. The van der Waals surface area contributed by atoms with Crippen molar-refractivity contribution in [3.8, 4) is 11.3 Å². The minimum Gasteiger partial charge on any atom is -0.461 e. The Balaban J connectivity index is 1.45. The highest BCUT2D eigenvalue weighted by Crippen LogP contribution is 2.29. The van der Waals surface area contributed by atoms with Crippen molar-refractivity contribution in [3.05, 3.63) is 93.4 Å². The second-order valence-corrected chi connectivity index (χ2v) is 8.42. The fourth-order valence-electron chi connectivity index (χ4n) is 3.72. The van der Waals surface area contributed by atoms with Gasteiger partial charge in [-0.15, -0.1) is 11.3 Å². The van der Waals surface area contributed by atoms with E-state index in [4.69, 9.17) is 4.42 Å². The highest BCUT2D eigenvalue weighted by atomic mass is 32.1. The van der Waals surface area contributed by atoms with E-state index in [-0.39, 0.29) is 18.1 Å². The topological polar surface area (TPSA) is 82.1 Å². The van der Waals surface area contributed by atoms with Gasteiger partial charge in [-0.2, -0.15) is 0 Å². The molecule has 0 aliphatic rings. The Labute approximate surface area is 187 Å². The third-order valence-corrected chi connectivity index (χ3v) is 6.04. The third-order valence-electron chi connectivity index (χ3n) is 5.18. The summed E-state index contributed by atoms with van der Waals surface area (Å²) in [5.74, 6) is 1.16. The van der Waals surface area contributed by atoms with E-state index >= 15 is 0 Å². The SMILES string of the molecule is Cc1ccc(-c2ccccc2NC(=O)Cn2c(=O)n(Cc3cccs3)c3ncccc32)o1. The Morgan fingerprint density at radius 3 is 2.72 bits per heavy atom. The van der Waals surface area contributed by atoms with E-state index < -0.39 is 0 Å². The Bertz CT molecular complexity index is 1460. The maximum atomic E-state index is 13.2. The number of nitrogens with one attached hydrogen (secondary N) is 1. The van der Waals surface area contributed by atoms with Gasteiger partial charge < -0.3 is 9.73 Å². The van der Waals surface area contributed by atoms with Crippen LogP contribution in [0.15, 0.2) is 81.5 Å². The standard InChI is InChI=1S/C24H20N4O3S/c1-16-10-11-21(31-16)18-7-2-3-8-19(18)26-22(29)15-27-20-9-4-12-25-23(20)28(24(27)30)14-17-6-5-13-32-17/h2-13H,14-15H2,1H3,(H,26,29). The van der Waals surface area contributed by atoms with Crippen LogP contribution >= 0.6 is 11.3 Å². The van der Waals surface area contributed by atoms with E-state index in [1.807, 2.05) is 66.9 Å². The fraction of sp³-hybridized carbons (Fsp3) is 0.125. The number of carbonyl (C=O) groups excluding carboxylic acids is 1. The van der Waals surface area contributed by atoms with Gasteiger partial charge in [0, 0.05) is 16.6 Å². The van der Waals surface area contributed by atoms with Gasteiger partial charge in [0.25, 0.3) is 0 Å². The average molecular weight is 445 g/mol. The van der Waals surface area contributed by atoms with Gasteiger partial charge >= 0.3 is 5.69 Å². The molecule has 0 unspecified atom stereocenters. The molecule has 1 aromatic carbocycles. The highest BCUT2D eigenvalue weighted by molar-refractivity contribution is 7.09. The molecule has 0 saturated heterocycles. The molecular weight excluding hydrogens is 424 g/mol. The van der Waals surface area contributed by atoms with E-state index in [1.165, 1.54) is 4.57 Å². The molecule has 7 nitrogen and oxygen atoms in total. The number of amides is 1. The van der Waals surface area contributed by atoms with Crippen molar-refractivity contribution in [2.45, 2.75) is 20.0 Å². The van der Waals surface area contributed by atoms with Crippen LogP contribution in [-0.4, -0.2) is 20.0 Å². The lowest BCUT2D eigenvalue weighted by molar-refractivity contribution is -0.116. The number of fused-ring (bicyclic) bond motifs is 1. The number of anilines is 1. The first-order chi connectivity index (χ1) is 15.6. The van der Waals surface area contributed by atoms with Crippen molar-refractivity contribution in [3.63, 3.8) is 0 Å². The minimum absolute atomic E-state index is 0.121. The smallest absolute Gasteiger partial charge is 0.331 e. The summed E-state index contributed by atoms with van der Waals surface area (Å²) in [5.41, 5.74) is 2.32. The van der Waals surface area contributed by atoms with Crippen molar-refractivity contribution in [2.24, 2.45) is 0 Å². The fourth-order valence-corrected chi connectivity index (χ4v) is 4.41. The zero-order chi connectivity index (χ0) is 22.1. The lowest BCUT2D eigenvalue weighted by Crippen LogP contribution is -2.29. The number of rotatable bonds is 6. The van der Waals surface area contributed by atoms with E-state index in [0.717, 1.165) is 16.2 Å². The summed E-state index contributed by atoms with van der Waals surface area (Å²) in [4.78, 5) is 31.6. The first-order valence-corrected chi connectivity index (χ1v) is 11.0. The molecule has 1 N–H and O–H groups in total. The van der Waals surface area contributed by atoms with Gasteiger partial charge in [0.2, 0.25) is 5.91 Å². The molecule has 0 atom stereocenters. The number of hydrogen-bond acceptors (Lipinski definition) is 5. The number of imidazole rings is 1. The van der Waals surface area contributed by atoms with Crippen molar-refractivity contribution < 1.29 is 9.21 Å². The minimum atomic E-state index is -0.304. The van der Waals surface area contributed by atoms with Gasteiger partial charge in [0.15, 0.2) is 5.65 Å². The quantitative estimate of drug-likeness (QED) is 0.418. The molecule has 5 rings (SSSR count). The molecule has 4 heterocycles. The molecule has 4 aromatic heterocycles. The summed E-state index contributed by atoms with van der Waals surface area (Å²) in [6, 6.07) is 18.7. The van der Waals surface area contributed by atoms with Crippen LogP contribution in [-0.2, 0) is 17.9 Å². The Morgan fingerprint density at radius 1 is 1.06 bits per heavy atom. The number of nitrogens with zero attached hydrogens (tertiary/aromatic N) is 3. The van der Waals surface area contributed by atoms with Crippen LogP contribution in [0.25, 0.3) is 22.5 Å². The summed E-state index contributed by atoms with van der Waals surface area (Å²) in [7, 11) is 0. The van der Waals surface area contributed by atoms with Gasteiger partial charge in [0.1, 0.15) is 18.1 Å². The van der Waals surface area contributed by atoms with Crippen LogP contribution in [0.4, 0.5) is 5.69 Å². The second kappa shape index (κ2) is 8.32. The van der Waals surface area contributed by atoms with Gasteiger partial charge in [-0.25, -0.2) is 9.78 Å². The predicted molar refractivity (Wildman–Crippen MR) is 125 cm³/mol. The van der Waals surface area contributed by atoms with Crippen LogP contribution in [0.2, 0.25) is 0 Å². The predicted octanol–water partition coefficient (Wildman–Crippen LogP) is 4.51. The van der Waals surface area contributed by atoms with Crippen LogP contribution in [0, 0.1) is 6.92 Å². The molecule has 0 bridgehead atoms. The molecule has 0 saturated carbocycles. The number of aromatic nitrogens is 3.